The molecule has 0 amide bonds. The van der Waals surface area contributed by atoms with Gasteiger partial charge in [0.1, 0.15) is 5.82 Å². The molecule has 0 radical (unpaired) electrons. The third-order valence-corrected chi connectivity index (χ3v) is 4.65. The molecule has 1 unspecified atom stereocenters. The molecule has 15 heavy (non-hydrogen) atoms. The number of hydrogen-bond donors (Lipinski definition) is 0. The van der Waals surface area contributed by atoms with Crippen molar-refractivity contribution in [3.63, 3.8) is 0 Å². The number of halogens is 2. The zero-order valence-electron chi connectivity index (χ0n) is 9.56. The van der Waals surface area contributed by atoms with Gasteiger partial charge in [0.15, 0.2) is 0 Å². The van der Waals surface area contributed by atoms with Crippen molar-refractivity contribution >= 4 is 15.9 Å². The quantitative estimate of drug-likeness (QED) is 0.705. The largest absolute Gasteiger partial charge is 0.207 e. The fourth-order valence-electron chi connectivity index (χ4n) is 1.33. The van der Waals surface area contributed by atoms with Crippen LogP contribution in [0.5, 0.6) is 0 Å². The highest BCUT2D eigenvalue weighted by Gasteiger charge is 2.25. The predicted molar refractivity (Wildman–Crippen MR) is 66.9 cm³/mol. The highest BCUT2D eigenvalue weighted by atomic mass is 79.9. The molecule has 1 rings (SSSR count). The molecule has 0 saturated carbocycles. The molecule has 0 aliphatic carbocycles. The number of rotatable bonds is 4. The van der Waals surface area contributed by atoms with Gasteiger partial charge in [-0.2, -0.15) is 0 Å². The monoisotopic (exact) mass is 272 g/mol. The lowest BCUT2D eigenvalue weighted by atomic mass is 9.84. The third kappa shape index (κ3) is 3.60. The summed E-state index contributed by atoms with van der Waals surface area (Å²) < 4.78 is 12.7. The first-order chi connectivity index (χ1) is 6.95. The van der Waals surface area contributed by atoms with Gasteiger partial charge in [-0.05, 0) is 36.0 Å². The van der Waals surface area contributed by atoms with E-state index in [2.05, 4.69) is 36.7 Å². The lowest BCUT2D eigenvalue weighted by molar-refractivity contribution is 0.340. The van der Waals surface area contributed by atoms with E-state index < -0.39 is 0 Å². The molecule has 0 aliphatic rings. The molecule has 0 N–H and O–H groups in total. The molecule has 0 saturated heterocycles. The fraction of sp³-hybridized carbons (Fsp3) is 0.538. The zero-order chi connectivity index (χ0) is 11.5. The molecule has 0 aliphatic heterocycles. The van der Waals surface area contributed by atoms with Gasteiger partial charge < -0.3 is 0 Å². The molecule has 0 nitrogen and oxygen atoms in total. The molecule has 1 atom stereocenters. The number of benzene rings is 1. The summed E-state index contributed by atoms with van der Waals surface area (Å²) in [5, 5.41) is 0. The summed E-state index contributed by atoms with van der Waals surface area (Å²) in [4.78, 5) is 0.431. The van der Waals surface area contributed by atoms with Crippen molar-refractivity contribution in [1.29, 1.82) is 0 Å². The number of hydrogen-bond acceptors (Lipinski definition) is 0. The average Bonchev–Trinajstić information content (AvgIpc) is 2.21. The van der Waals surface area contributed by atoms with Gasteiger partial charge >= 0.3 is 0 Å². The van der Waals surface area contributed by atoms with Crippen molar-refractivity contribution < 1.29 is 4.39 Å². The molecule has 0 heterocycles. The van der Waals surface area contributed by atoms with E-state index >= 15 is 0 Å². The van der Waals surface area contributed by atoms with Gasteiger partial charge in [-0.1, -0.05) is 48.8 Å². The van der Waals surface area contributed by atoms with E-state index in [-0.39, 0.29) is 11.2 Å². The van der Waals surface area contributed by atoms with Gasteiger partial charge in [-0.3, -0.25) is 0 Å². The summed E-state index contributed by atoms with van der Waals surface area (Å²) in [5.41, 5.74) is 1.45. The van der Waals surface area contributed by atoms with Crippen LogP contribution in [0.25, 0.3) is 0 Å². The summed E-state index contributed by atoms with van der Waals surface area (Å²) in [7, 11) is 0. The van der Waals surface area contributed by atoms with Crippen LogP contribution in [0.15, 0.2) is 24.3 Å². The van der Waals surface area contributed by atoms with Crippen LogP contribution in [0.3, 0.4) is 0 Å². The van der Waals surface area contributed by atoms with Crippen LogP contribution < -0.4 is 0 Å². The molecule has 84 valence electrons. The van der Waals surface area contributed by atoms with Crippen molar-refractivity contribution in [2.24, 2.45) is 5.41 Å². The Bertz CT molecular complexity index is 303. The topological polar surface area (TPSA) is 0 Å². The molecule has 0 aromatic heterocycles. The van der Waals surface area contributed by atoms with E-state index in [4.69, 9.17) is 0 Å². The Morgan fingerprint density at radius 2 is 1.80 bits per heavy atom. The van der Waals surface area contributed by atoms with Crippen LogP contribution in [-0.4, -0.2) is 4.83 Å². The molecule has 2 heteroatoms. The van der Waals surface area contributed by atoms with Crippen LogP contribution >= 0.6 is 15.9 Å². The van der Waals surface area contributed by atoms with Crippen molar-refractivity contribution in [2.45, 2.75) is 38.4 Å². The first kappa shape index (κ1) is 12.7. The van der Waals surface area contributed by atoms with Crippen molar-refractivity contribution in [3.05, 3.63) is 35.6 Å². The minimum atomic E-state index is -0.167. The lowest BCUT2D eigenvalue weighted by Gasteiger charge is -2.29. The SMILES string of the molecule is CCC(C)(C)C(Br)Cc1ccc(F)cc1. The molecule has 1 aromatic carbocycles. The molecule has 1 aromatic rings. The Labute approximate surface area is 100 Å². The molecule has 0 fully saturated rings. The number of alkyl halides is 1. The normalized spacial score (nSPS) is 13.9. The first-order valence-corrected chi connectivity index (χ1v) is 6.26. The van der Waals surface area contributed by atoms with E-state index in [1.165, 1.54) is 17.7 Å². The standard InChI is InChI=1S/C13H18BrF/c1-4-13(2,3)12(14)9-10-5-7-11(15)8-6-10/h5-8,12H,4,9H2,1-3H3. The Hall–Kier alpha value is -0.370. The van der Waals surface area contributed by atoms with E-state index in [1.54, 1.807) is 0 Å². The second-order valence-electron chi connectivity index (χ2n) is 4.64. The van der Waals surface area contributed by atoms with Gasteiger partial charge in [-0.25, -0.2) is 4.39 Å². The van der Waals surface area contributed by atoms with Crippen molar-refractivity contribution in [2.75, 3.05) is 0 Å². The van der Waals surface area contributed by atoms with Crippen LogP contribution in [0.1, 0.15) is 32.8 Å². The Kier molecular flexibility index (Phi) is 4.32. The van der Waals surface area contributed by atoms with Gasteiger partial charge in [0.25, 0.3) is 0 Å². The maximum Gasteiger partial charge on any atom is 0.123 e. The van der Waals surface area contributed by atoms with Crippen molar-refractivity contribution in [1.82, 2.24) is 0 Å². The Balaban J connectivity index is 2.66. The summed E-state index contributed by atoms with van der Waals surface area (Å²) in [5.74, 6) is -0.167. The minimum absolute atomic E-state index is 0.167. The van der Waals surface area contributed by atoms with Crippen LogP contribution in [0.4, 0.5) is 4.39 Å². The molecular formula is C13H18BrF. The van der Waals surface area contributed by atoms with Crippen LogP contribution in [0.2, 0.25) is 0 Å². The summed E-state index contributed by atoms with van der Waals surface area (Å²) in [6, 6.07) is 6.76. The Morgan fingerprint density at radius 1 is 1.27 bits per heavy atom. The summed E-state index contributed by atoms with van der Waals surface area (Å²) in [6.45, 7) is 6.69. The highest BCUT2D eigenvalue weighted by molar-refractivity contribution is 9.09. The molecule has 0 spiro atoms. The first-order valence-electron chi connectivity index (χ1n) is 5.34. The van der Waals surface area contributed by atoms with Crippen molar-refractivity contribution in [3.8, 4) is 0 Å². The second kappa shape index (κ2) is 5.11. The summed E-state index contributed by atoms with van der Waals surface area (Å²) in [6.07, 6.45) is 2.07. The van der Waals surface area contributed by atoms with Gasteiger partial charge in [0.05, 0.1) is 0 Å². The van der Waals surface area contributed by atoms with Gasteiger partial charge in [-0.15, -0.1) is 0 Å². The third-order valence-electron chi connectivity index (χ3n) is 3.09. The van der Waals surface area contributed by atoms with E-state index in [0.717, 1.165) is 12.8 Å². The minimum Gasteiger partial charge on any atom is -0.207 e. The lowest BCUT2D eigenvalue weighted by Crippen LogP contribution is -2.25. The van der Waals surface area contributed by atoms with Gasteiger partial charge in [0, 0.05) is 4.83 Å². The van der Waals surface area contributed by atoms with Gasteiger partial charge in [0.2, 0.25) is 0 Å². The Morgan fingerprint density at radius 3 is 2.27 bits per heavy atom. The molecular weight excluding hydrogens is 255 g/mol. The van der Waals surface area contributed by atoms with E-state index in [1.807, 2.05) is 12.1 Å². The maximum atomic E-state index is 12.7. The second-order valence-corrected chi connectivity index (χ2v) is 5.75. The smallest absolute Gasteiger partial charge is 0.123 e. The van der Waals surface area contributed by atoms with E-state index in [9.17, 15) is 4.39 Å². The average molecular weight is 273 g/mol. The fourth-order valence-corrected chi connectivity index (χ4v) is 2.02. The highest BCUT2D eigenvalue weighted by Crippen LogP contribution is 2.32. The van der Waals surface area contributed by atoms with Crippen LogP contribution in [0, 0.1) is 11.2 Å². The molecule has 0 bridgehead atoms. The predicted octanol–water partition coefficient (Wildman–Crippen LogP) is 4.57. The van der Waals surface area contributed by atoms with Crippen LogP contribution in [-0.2, 0) is 6.42 Å². The summed E-state index contributed by atoms with van der Waals surface area (Å²) >= 11 is 3.72. The maximum absolute atomic E-state index is 12.7. The zero-order valence-corrected chi connectivity index (χ0v) is 11.1. The van der Waals surface area contributed by atoms with E-state index in [0.29, 0.717) is 4.83 Å².